The molecule has 0 saturated carbocycles. The fourth-order valence-corrected chi connectivity index (χ4v) is 1.09. The third-order valence-corrected chi connectivity index (χ3v) is 1.82. The minimum atomic E-state index is -0.882. The number of aliphatic imine (C=N–C) groups is 1. The van der Waals surface area contributed by atoms with E-state index in [9.17, 15) is 4.79 Å². The molecule has 0 saturated heterocycles. The lowest BCUT2D eigenvalue weighted by Crippen LogP contribution is -2.24. The molecular formula is C10H11N5O2. The van der Waals surface area contributed by atoms with E-state index in [4.69, 9.17) is 27.2 Å². The number of rotatable bonds is 2. The summed E-state index contributed by atoms with van der Waals surface area (Å²) in [6, 6.07) is 6.63. The summed E-state index contributed by atoms with van der Waals surface area (Å²) in [6.07, 6.45) is -0.882. The highest BCUT2D eigenvalue weighted by molar-refractivity contribution is 5.87. The van der Waals surface area contributed by atoms with Crippen molar-refractivity contribution in [2.75, 3.05) is 5.73 Å². The zero-order valence-electron chi connectivity index (χ0n) is 8.88. The van der Waals surface area contributed by atoms with E-state index in [0.29, 0.717) is 16.8 Å². The first-order chi connectivity index (χ1) is 8.02. The Morgan fingerprint density at radius 1 is 1.47 bits per heavy atom. The van der Waals surface area contributed by atoms with Crippen molar-refractivity contribution in [2.24, 2.45) is 16.5 Å². The van der Waals surface area contributed by atoms with E-state index in [0.717, 1.165) is 0 Å². The first kappa shape index (κ1) is 12.3. The van der Waals surface area contributed by atoms with Crippen LogP contribution in [0.1, 0.15) is 11.1 Å². The molecule has 6 N–H and O–H groups in total. The quantitative estimate of drug-likeness (QED) is 0.374. The minimum absolute atomic E-state index is 0.0223. The molecule has 0 radical (unpaired) electrons. The molecule has 0 spiro atoms. The number of ether oxygens (including phenoxy) is 1. The maximum Gasteiger partial charge on any atom is 0.437 e. The summed E-state index contributed by atoms with van der Waals surface area (Å²) in [5.74, 6) is -0.366. The molecular weight excluding hydrogens is 222 g/mol. The summed E-state index contributed by atoms with van der Waals surface area (Å²) in [5.41, 5.74) is 16.9. The molecule has 0 aliphatic carbocycles. The molecule has 17 heavy (non-hydrogen) atoms. The normalized spacial score (nSPS) is 9.12. The lowest BCUT2D eigenvalue weighted by Gasteiger charge is -2.04. The highest BCUT2D eigenvalue weighted by Crippen LogP contribution is 2.13. The van der Waals surface area contributed by atoms with E-state index in [1.54, 1.807) is 18.2 Å². The van der Waals surface area contributed by atoms with Gasteiger partial charge < -0.3 is 21.9 Å². The molecule has 0 aliphatic rings. The molecule has 7 nitrogen and oxygen atoms in total. The number of carbonyl (C=O) groups excluding carboxylic acids is 1. The maximum atomic E-state index is 11.0. The van der Waals surface area contributed by atoms with Crippen LogP contribution in [-0.4, -0.2) is 12.1 Å². The van der Waals surface area contributed by atoms with Crippen LogP contribution in [0.25, 0.3) is 0 Å². The van der Waals surface area contributed by atoms with E-state index in [1.807, 2.05) is 6.07 Å². The number of nitriles is 1. The Balaban J connectivity index is 2.65. The van der Waals surface area contributed by atoms with Gasteiger partial charge in [0, 0.05) is 5.69 Å². The van der Waals surface area contributed by atoms with Crippen LogP contribution in [0.5, 0.6) is 0 Å². The average molecular weight is 233 g/mol. The molecule has 0 heterocycles. The van der Waals surface area contributed by atoms with Gasteiger partial charge in [0.15, 0.2) is 5.96 Å². The predicted molar refractivity (Wildman–Crippen MR) is 61.6 cm³/mol. The summed E-state index contributed by atoms with van der Waals surface area (Å²) in [6.45, 7) is -0.0223. The lowest BCUT2D eigenvalue weighted by molar-refractivity contribution is 0.151. The van der Waals surface area contributed by atoms with Crippen LogP contribution >= 0.6 is 0 Å². The summed E-state index contributed by atoms with van der Waals surface area (Å²) in [5, 5.41) is 8.67. The Morgan fingerprint density at radius 2 is 2.18 bits per heavy atom. The first-order valence-electron chi connectivity index (χ1n) is 4.58. The Labute approximate surface area is 97.5 Å². The van der Waals surface area contributed by atoms with Gasteiger partial charge in [-0.1, -0.05) is 6.07 Å². The predicted octanol–water partition coefficient (Wildman–Crippen LogP) is 0.0505. The second kappa shape index (κ2) is 5.37. The number of amides is 1. The van der Waals surface area contributed by atoms with Crippen LogP contribution in [0, 0.1) is 11.3 Å². The van der Waals surface area contributed by atoms with E-state index in [1.165, 1.54) is 0 Å². The molecule has 0 unspecified atom stereocenters. The van der Waals surface area contributed by atoms with Crippen molar-refractivity contribution in [2.45, 2.75) is 6.61 Å². The fourth-order valence-electron chi connectivity index (χ4n) is 1.09. The zero-order valence-corrected chi connectivity index (χ0v) is 8.88. The standard InChI is InChI=1S/C10H11N5O2/c11-4-7-2-1-6(3-8(7)12)5-17-10(16)15-9(13)14/h1-3H,5,12H2,(H4,13,14,15,16). The topological polar surface area (TPSA) is 141 Å². The smallest absolute Gasteiger partial charge is 0.437 e. The summed E-state index contributed by atoms with van der Waals surface area (Å²) in [7, 11) is 0. The highest BCUT2D eigenvalue weighted by atomic mass is 16.5. The van der Waals surface area contributed by atoms with E-state index in [2.05, 4.69) is 4.99 Å². The Bertz CT molecular complexity index is 500. The van der Waals surface area contributed by atoms with Gasteiger partial charge in [0.05, 0.1) is 5.56 Å². The second-order valence-corrected chi connectivity index (χ2v) is 3.12. The molecule has 0 fully saturated rings. The summed E-state index contributed by atoms with van der Waals surface area (Å²) >= 11 is 0. The van der Waals surface area contributed by atoms with Gasteiger partial charge in [-0.2, -0.15) is 5.26 Å². The summed E-state index contributed by atoms with van der Waals surface area (Å²) in [4.78, 5) is 14.2. The number of guanidine groups is 1. The number of nitrogen functional groups attached to an aromatic ring is 1. The van der Waals surface area contributed by atoms with Gasteiger partial charge in [-0.05, 0) is 17.7 Å². The average Bonchev–Trinajstić information content (AvgIpc) is 2.25. The van der Waals surface area contributed by atoms with Crippen LogP contribution in [0.4, 0.5) is 10.5 Å². The molecule has 1 aromatic carbocycles. The number of nitrogens with two attached hydrogens (primary N) is 3. The molecule has 7 heteroatoms. The molecule has 0 bridgehead atoms. The number of benzene rings is 1. The Morgan fingerprint density at radius 3 is 2.71 bits per heavy atom. The van der Waals surface area contributed by atoms with Crippen LogP contribution in [0.3, 0.4) is 0 Å². The molecule has 1 rings (SSSR count). The van der Waals surface area contributed by atoms with Crippen molar-refractivity contribution in [3.8, 4) is 6.07 Å². The molecule has 0 aromatic heterocycles. The van der Waals surface area contributed by atoms with E-state index >= 15 is 0 Å². The first-order valence-corrected chi connectivity index (χ1v) is 4.58. The summed E-state index contributed by atoms with van der Waals surface area (Å²) < 4.78 is 4.74. The SMILES string of the molecule is N#Cc1ccc(COC(=O)N=C(N)N)cc1N. The molecule has 1 aromatic rings. The van der Waals surface area contributed by atoms with Crippen molar-refractivity contribution in [1.82, 2.24) is 0 Å². The zero-order chi connectivity index (χ0) is 12.8. The van der Waals surface area contributed by atoms with E-state index < -0.39 is 6.09 Å². The molecule has 88 valence electrons. The fraction of sp³-hybridized carbons (Fsp3) is 0.100. The van der Waals surface area contributed by atoms with E-state index in [-0.39, 0.29) is 12.6 Å². The van der Waals surface area contributed by atoms with Crippen LogP contribution in [-0.2, 0) is 11.3 Å². The van der Waals surface area contributed by atoms with Crippen molar-refractivity contribution in [1.29, 1.82) is 5.26 Å². The van der Waals surface area contributed by atoms with Crippen molar-refractivity contribution >= 4 is 17.7 Å². The van der Waals surface area contributed by atoms with Gasteiger partial charge in [0.1, 0.15) is 12.7 Å². The number of hydrogen-bond acceptors (Lipinski definition) is 4. The van der Waals surface area contributed by atoms with Crippen LogP contribution < -0.4 is 17.2 Å². The second-order valence-electron chi connectivity index (χ2n) is 3.12. The molecule has 0 aliphatic heterocycles. The van der Waals surface area contributed by atoms with Crippen molar-refractivity contribution in [3.05, 3.63) is 29.3 Å². The van der Waals surface area contributed by atoms with Gasteiger partial charge in [0.2, 0.25) is 0 Å². The molecule has 1 amide bonds. The number of carbonyl (C=O) groups is 1. The maximum absolute atomic E-state index is 11.0. The third-order valence-electron chi connectivity index (χ3n) is 1.82. The largest absolute Gasteiger partial charge is 0.443 e. The van der Waals surface area contributed by atoms with Crippen molar-refractivity contribution in [3.63, 3.8) is 0 Å². The van der Waals surface area contributed by atoms with Crippen molar-refractivity contribution < 1.29 is 9.53 Å². The lowest BCUT2D eigenvalue weighted by atomic mass is 10.1. The molecule has 0 atom stereocenters. The van der Waals surface area contributed by atoms with Gasteiger partial charge in [-0.15, -0.1) is 4.99 Å². The van der Waals surface area contributed by atoms with Gasteiger partial charge in [-0.3, -0.25) is 0 Å². The third kappa shape index (κ3) is 3.71. The monoisotopic (exact) mass is 233 g/mol. The van der Waals surface area contributed by atoms with Crippen LogP contribution in [0.15, 0.2) is 23.2 Å². The van der Waals surface area contributed by atoms with Crippen LogP contribution in [0.2, 0.25) is 0 Å². The number of nitrogens with zero attached hydrogens (tertiary/aromatic N) is 2. The number of hydrogen-bond donors (Lipinski definition) is 3. The van der Waals surface area contributed by atoms with Gasteiger partial charge in [-0.25, -0.2) is 4.79 Å². The highest BCUT2D eigenvalue weighted by Gasteiger charge is 2.04. The van der Waals surface area contributed by atoms with Gasteiger partial charge in [0.25, 0.3) is 0 Å². The Kier molecular flexibility index (Phi) is 3.89. The minimum Gasteiger partial charge on any atom is -0.443 e. The number of anilines is 1. The van der Waals surface area contributed by atoms with Gasteiger partial charge >= 0.3 is 6.09 Å². The Hall–Kier alpha value is -2.75.